The van der Waals surface area contributed by atoms with E-state index in [0.717, 1.165) is 24.9 Å². The second kappa shape index (κ2) is 7.36. The first kappa shape index (κ1) is 15.7. The summed E-state index contributed by atoms with van der Waals surface area (Å²) in [6.45, 7) is 2.24. The number of likely N-dealkylation sites (tertiary alicyclic amines) is 1. The number of hydrogen-bond donors (Lipinski definition) is 0. The number of ketones is 1. The fourth-order valence-electron chi connectivity index (χ4n) is 4.23. The van der Waals surface area contributed by atoms with E-state index in [-0.39, 0.29) is 11.6 Å². The molecule has 0 unspecified atom stereocenters. The summed E-state index contributed by atoms with van der Waals surface area (Å²) in [5.41, 5.74) is 0.635. The Morgan fingerprint density at radius 1 is 1.09 bits per heavy atom. The fourth-order valence-corrected chi connectivity index (χ4v) is 4.23. The molecule has 1 aliphatic carbocycles. The van der Waals surface area contributed by atoms with Gasteiger partial charge < -0.3 is 4.90 Å². The maximum absolute atomic E-state index is 12.9. The first-order valence-corrected chi connectivity index (χ1v) is 8.77. The lowest BCUT2D eigenvalue weighted by atomic mass is 9.78. The molecule has 1 heterocycles. The minimum Gasteiger partial charge on any atom is -0.300 e. The van der Waals surface area contributed by atoms with Crippen LogP contribution in [0.3, 0.4) is 0 Å². The predicted molar refractivity (Wildman–Crippen MR) is 86.5 cm³/mol. The van der Waals surface area contributed by atoms with Gasteiger partial charge in [-0.2, -0.15) is 0 Å². The molecule has 1 saturated carbocycles. The Labute approximate surface area is 132 Å². The highest BCUT2D eigenvalue weighted by atomic mass is 19.1. The summed E-state index contributed by atoms with van der Waals surface area (Å²) in [7, 11) is 0. The Morgan fingerprint density at radius 3 is 2.64 bits per heavy atom. The largest absolute Gasteiger partial charge is 0.300 e. The van der Waals surface area contributed by atoms with Crippen LogP contribution in [-0.2, 0) is 0 Å². The van der Waals surface area contributed by atoms with Crippen molar-refractivity contribution in [1.82, 2.24) is 4.90 Å². The topological polar surface area (TPSA) is 20.3 Å². The van der Waals surface area contributed by atoms with Crippen molar-refractivity contribution in [3.63, 3.8) is 0 Å². The first-order valence-electron chi connectivity index (χ1n) is 8.77. The number of nitrogens with zero attached hydrogens (tertiary/aromatic N) is 1. The number of benzene rings is 1. The van der Waals surface area contributed by atoms with Crippen LogP contribution in [0.4, 0.5) is 4.39 Å². The van der Waals surface area contributed by atoms with E-state index < -0.39 is 0 Å². The minimum absolute atomic E-state index is 0.136. The third kappa shape index (κ3) is 3.75. The van der Waals surface area contributed by atoms with Crippen LogP contribution >= 0.6 is 0 Å². The Bertz CT molecular complexity index is 497. The van der Waals surface area contributed by atoms with Gasteiger partial charge in [0.15, 0.2) is 5.78 Å². The van der Waals surface area contributed by atoms with Gasteiger partial charge in [-0.3, -0.25) is 4.79 Å². The molecule has 1 aromatic carbocycles. The number of Topliss-reactive ketones (excluding diaryl/α,β-unsaturated/α-hetero) is 1. The summed E-state index contributed by atoms with van der Waals surface area (Å²) >= 11 is 0. The van der Waals surface area contributed by atoms with E-state index in [1.54, 1.807) is 12.1 Å². The highest BCUT2D eigenvalue weighted by Crippen LogP contribution is 2.35. The minimum atomic E-state index is -0.284. The molecule has 2 fully saturated rings. The maximum Gasteiger partial charge on any atom is 0.162 e. The molecular weight excluding hydrogens is 277 g/mol. The molecule has 0 bridgehead atoms. The van der Waals surface area contributed by atoms with Gasteiger partial charge in [0, 0.05) is 18.0 Å². The highest BCUT2D eigenvalue weighted by Gasteiger charge is 2.32. The Balaban J connectivity index is 1.47. The third-order valence-electron chi connectivity index (χ3n) is 5.37. The Morgan fingerprint density at radius 2 is 1.82 bits per heavy atom. The van der Waals surface area contributed by atoms with E-state index in [4.69, 9.17) is 0 Å². The van der Waals surface area contributed by atoms with Gasteiger partial charge in [-0.15, -0.1) is 0 Å². The molecule has 0 spiro atoms. The predicted octanol–water partition coefficient (Wildman–Crippen LogP) is 4.44. The van der Waals surface area contributed by atoms with Crippen molar-refractivity contribution < 1.29 is 9.18 Å². The van der Waals surface area contributed by atoms with Crippen LogP contribution < -0.4 is 0 Å². The molecule has 2 aliphatic rings. The zero-order chi connectivity index (χ0) is 15.4. The van der Waals surface area contributed by atoms with Crippen LogP contribution in [0.1, 0.15) is 61.7 Å². The molecule has 0 amide bonds. The van der Waals surface area contributed by atoms with Gasteiger partial charge in [-0.25, -0.2) is 4.39 Å². The number of fused-ring (bicyclic) bond motifs is 1. The molecule has 3 rings (SSSR count). The van der Waals surface area contributed by atoms with Crippen molar-refractivity contribution in [3.05, 3.63) is 35.6 Å². The molecule has 2 atom stereocenters. The lowest BCUT2D eigenvalue weighted by molar-refractivity contribution is 0.0589. The summed E-state index contributed by atoms with van der Waals surface area (Å²) < 4.78 is 12.9. The lowest BCUT2D eigenvalue weighted by Crippen LogP contribution is -2.47. The van der Waals surface area contributed by atoms with E-state index >= 15 is 0 Å². The monoisotopic (exact) mass is 303 g/mol. The van der Waals surface area contributed by atoms with E-state index in [1.807, 2.05) is 0 Å². The molecule has 2 nitrogen and oxygen atoms in total. The van der Waals surface area contributed by atoms with Gasteiger partial charge in [0.25, 0.3) is 0 Å². The SMILES string of the molecule is O=C(CCCN1CCC[C@@H]2CCCC[C@H]21)c1ccc(F)cc1. The molecule has 0 N–H and O–H groups in total. The molecular formula is C19H26FNO. The molecule has 0 radical (unpaired) electrons. The Hall–Kier alpha value is -1.22. The lowest BCUT2D eigenvalue weighted by Gasteiger charge is -2.44. The molecule has 120 valence electrons. The van der Waals surface area contributed by atoms with Crippen molar-refractivity contribution in [1.29, 1.82) is 0 Å². The first-order chi connectivity index (χ1) is 10.7. The van der Waals surface area contributed by atoms with Crippen LogP contribution in [0.25, 0.3) is 0 Å². The smallest absolute Gasteiger partial charge is 0.162 e. The van der Waals surface area contributed by atoms with Crippen LogP contribution in [-0.4, -0.2) is 29.8 Å². The van der Waals surface area contributed by atoms with Crippen molar-refractivity contribution in [2.75, 3.05) is 13.1 Å². The van der Waals surface area contributed by atoms with Gasteiger partial charge in [-0.05, 0) is 75.4 Å². The van der Waals surface area contributed by atoms with Crippen LogP contribution in [0.2, 0.25) is 0 Å². The van der Waals surface area contributed by atoms with Gasteiger partial charge in [-0.1, -0.05) is 12.8 Å². The number of carbonyl (C=O) groups excluding carboxylic acids is 1. The van der Waals surface area contributed by atoms with Gasteiger partial charge in [0.05, 0.1) is 0 Å². The van der Waals surface area contributed by atoms with E-state index in [2.05, 4.69) is 4.90 Å². The molecule has 0 aromatic heterocycles. The summed E-state index contributed by atoms with van der Waals surface area (Å²) in [4.78, 5) is 14.8. The molecule has 1 aromatic rings. The van der Waals surface area contributed by atoms with Gasteiger partial charge >= 0.3 is 0 Å². The zero-order valence-electron chi connectivity index (χ0n) is 13.3. The average molecular weight is 303 g/mol. The number of piperidine rings is 1. The number of halogens is 1. The molecule has 1 saturated heterocycles. The molecule has 1 aliphatic heterocycles. The second-order valence-electron chi connectivity index (χ2n) is 6.82. The van der Waals surface area contributed by atoms with E-state index in [9.17, 15) is 9.18 Å². The summed E-state index contributed by atoms with van der Waals surface area (Å²) in [6, 6.07) is 6.68. The number of carbonyl (C=O) groups is 1. The van der Waals surface area contributed by atoms with Gasteiger partial charge in [0.1, 0.15) is 5.82 Å². The zero-order valence-corrected chi connectivity index (χ0v) is 13.3. The van der Waals surface area contributed by atoms with Crippen molar-refractivity contribution >= 4 is 5.78 Å². The van der Waals surface area contributed by atoms with E-state index in [0.29, 0.717) is 12.0 Å². The third-order valence-corrected chi connectivity index (χ3v) is 5.37. The van der Waals surface area contributed by atoms with Crippen molar-refractivity contribution in [2.45, 2.75) is 57.4 Å². The van der Waals surface area contributed by atoms with Crippen LogP contribution in [0.5, 0.6) is 0 Å². The molecule has 3 heteroatoms. The Kier molecular flexibility index (Phi) is 5.24. The summed E-state index contributed by atoms with van der Waals surface area (Å²) in [6.07, 6.45) is 9.71. The number of hydrogen-bond acceptors (Lipinski definition) is 2. The van der Waals surface area contributed by atoms with Crippen molar-refractivity contribution in [3.8, 4) is 0 Å². The maximum atomic E-state index is 12.9. The van der Waals surface area contributed by atoms with Crippen LogP contribution in [0, 0.1) is 11.7 Å². The van der Waals surface area contributed by atoms with Crippen molar-refractivity contribution in [2.24, 2.45) is 5.92 Å². The van der Waals surface area contributed by atoms with E-state index in [1.165, 1.54) is 57.2 Å². The fraction of sp³-hybridized carbons (Fsp3) is 0.632. The summed E-state index contributed by atoms with van der Waals surface area (Å²) in [5, 5.41) is 0. The van der Waals surface area contributed by atoms with Crippen LogP contribution in [0.15, 0.2) is 24.3 Å². The standard InChI is InChI=1S/C19H26FNO/c20-17-11-9-16(10-12-17)19(22)8-4-14-21-13-3-6-15-5-1-2-7-18(15)21/h9-12,15,18H,1-8,13-14H2/t15-,18+/m0/s1. The number of rotatable bonds is 5. The molecule has 22 heavy (non-hydrogen) atoms. The second-order valence-corrected chi connectivity index (χ2v) is 6.82. The normalized spacial score (nSPS) is 25.7. The van der Waals surface area contributed by atoms with Gasteiger partial charge in [0.2, 0.25) is 0 Å². The average Bonchev–Trinajstić information content (AvgIpc) is 2.55. The summed E-state index contributed by atoms with van der Waals surface area (Å²) in [5.74, 6) is 0.751. The highest BCUT2D eigenvalue weighted by molar-refractivity contribution is 5.95. The quantitative estimate of drug-likeness (QED) is 0.749.